The maximum absolute atomic E-state index is 5.70. The molecule has 0 aliphatic rings. The highest BCUT2D eigenvalue weighted by atomic mass is 32.1. The molecule has 0 heterocycles. The second kappa shape index (κ2) is 3.13. The van der Waals surface area contributed by atoms with Crippen molar-refractivity contribution in [1.29, 1.82) is 0 Å². The van der Waals surface area contributed by atoms with Crippen LogP contribution in [0.3, 0.4) is 0 Å². The van der Waals surface area contributed by atoms with Crippen LogP contribution in [0.15, 0.2) is 0 Å². The summed E-state index contributed by atoms with van der Waals surface area (Å²) < 4.78 is 0. The lowest BCUT2D eigenvalue weighted by Gasteiger charge is -2.21. The SMILES string of the molecule is CCCC(C)(N)C(N)=S. The summed E-state index contributed by atoms with van der Waals surface area (Å²) in [7, 11) is 0. The van der Waals surface area contributed by atoms with Gasteiger partial charge in [-0.2, -0.15) is 0 Å². The van der Waals surface area contributed by atoms with Crippen LogP contribution in [0, 0.1) is 0 Å². The van der Waals surface area contributed by atoms with E-state index < -0.39 is 5.54 Å². The van der Waals surface area contributed by atoms with Crippen LogP contribution in [0.2, 0.25) is 0 Å². The fourth-order valence-corrected chi connectivity index (χ4v) is 0.745. The molecule has 0 aromatic carbocycles. The summed E-state index contributed by atoms with van der Waals surface area (Å²) in [6, 6.07) is 0. The van der Waals surface area contributed by atoms with Gasteiger partial charge >= 0.3 is 0 Å². The number of hydrogen-bond acceptors (Lipinski definition) is 2. The quantitative estimate of drug-likeness (QED) is 0.579. The third kappa shape index (κ3) is 2.77. The van der Waals surface area contributed by atoms with E-state index in [9.17, 15) is 0 Å². The van der Waals surface area contributed by atoms with E-state index in [-0.39, 0.29) is 0 Å². The van der Waals surface area contributed by atoms with Crippen molar-refractivity contribution in [2.45, 2.75) is 32.2 Å². The number of rotatable bonds is 3. The highest BCUT2D eigenvalue weighted by Crippen LogP contribution is 2.07. The summed E-state index contributed by atoms with van der Waals surface area (Å²) in [6.45, 7) is 3.92. The fourth-order valence-electron chi connectivity index (χ4n) is 0.643. The van der Waals surface area contributed by atoms with Crippen molar-refractivity contribution in [3.05, 3.63) is 0 Å². The minimum atomic E-state index is -0.440. The Hall–Kier alpha value is -0.150. The first-order valence-electron chi connectivity index (χ1n) is 3.09. The van der Waals surface area contributed by atoms with Crippen LogP contribution in [0.5, 0.6) is 0 Å². The van der Waals surface area contributed by atoms with E-state index in [2.05, 4.69) is 6.92 Å². The minimum absolute atomic E-state index is 0.407. The Morgan fingerprint density at radius 2 is 2.11 bits per heavy atom. The average molecular weight is 146 g/mol. The van der Waals surface area contributed by atoms with Crippen LogP contribution < -0.4 is 11.5 Å². The van der Waals surface area contributed by atoms with E-state index in [1.54, 1.807) is 0 Å². The van der Waals surface area contributed by atoms with Gasteiger partial charge in [0.2, 0.25) is 0 Å². The van der Waals surface area contributed by atoms with Gasteiger partial charge in [-0.15, -0.1) is 0 Å². The van der Waals surface area contributed by atoms with Crippen LogP contribution in [0.25, 0.3) is 0 Å². The van der Waals surface area contributed by atoms with Crippen LogP contribution in [-0.2, 0) is 0 Å². The molecule has 1 atom stereocenters. The maximum Gasteiger partial charge on any atom is 0.0926 e. The molecule has 0 radical (unpaired) electrons. The third-order valence-corrected chi connectivity index (χ3v) is 1.80. The molecule has 0 spiro atoms. The van der Waals surface area contributed by atoms with E-state index in [0.29, 0.717) is 4.99 Å². The Morgan fingerprint density at radius 3 is 2.22 bits per heavy atom. The normalized spacial score (nSPS) is 16.8. The Morgan fingerprint density at radius 1 is 1.67 bits per heavy atom. The van der Waals surface area contributed by atoms with Crippen LogP contribution in [0.4, 0.5) is 0 Å². The van der Waals surface area contributed by atoms with Gasteiger partial charge in [0.15, 0.2) is 0 Å². The van der Waals surface area contributed by atoms with Crippen molar-refractivity contribution >= 4 is 17.2 Å². The van der Waals surface area contributed by atoms with Crippen molar-refractivity contribution in [3.63, 3.8) is 0 Å². The molecule has 9 heavy (non-hydrogen) atoms. The minimum Gasteiger partial charge on any atom is -0.392 e. The standard InChI is InChI=1S/C6H14N2S/c1-3-4-6(2,8)5(7)9/h3-4,8H2,1-2H3,(H2,7,9). The Kier molecular flexibility index (Phi) is 3.08. The van der Waals surface area contributed by atoms with Crippen LogP contribution in [0.1, 0.15) is 26.7 Å². The van der Waals surface area contributed by atoms with Gasteiger partial charge in [-0.25, -0.2) is 0 Å². The molecule has 0 aliphatic heterocycles. The summed E-state index contributed by atoms with van der Waals surface area (Å²) in [6.07, 6.45) is 1.88. The number of nitrogens with two attached hydrogens (primary N) is 2. The Bertz CT molecular complexity index is 110. The van der Waals surface area contributed by atoms with Crippen LogP contribution in [-0.4, -0.2) is 10.5 Å². The highest BCUT2D eigenvalue weighted by Gasteiger charge is 2.19. The lowest BCUT2D eigenvalue weighted by molar-refractivity contribution is 0.561. The molecule has 0 rings (SSSR count). The van der Waals surface area contributed by atoms with Gasteiger partial charge in [0.05, 0.1) is 10.5 Å². The molecule has 1 unspecified atom stereocenters. The first-order chi connectivity index (χ1) is 4.00. The van der Waals surface area contributed by atoms with Crippen molar-refractivity contribution in [1.82, 2.24) is 0 Å². The highest BCUT2D eigenvalue weighted by molar-refractivity contribution is 7.80. The molecular weight excluding hydrogens is 132 g/mol. The second-order valence-electron chi connectivity index (χ2n) is 2.53. The largest absolute Gasteiger partial charge is 0.392 e. The summed E-state index contributed by atoms with van der Waals surface area (Å²) in [5, 5.41) is 0. The first kappa shape index (κ1) is 8.85. The van der Waals surface area contributed by atoms with Crippen molar-refractivity contribution in [3.8, 4) is 0 Å². The van der Waals surface area contributed by atoms with Gasteiger partial charge in [0, 0.05) is 0 Å². The molecule has 0 amide bonds. The first-order valence-corrected chi connectivity index (χ1v) is 3.50. The van der Waals surface area contributed by atoms with Crippen molar-refractivity contribution in [2.24, 2.45) is 11.5 Å². The summed E-state index contributed by atoms with van der Waals surface area (Å²) in [5.74, 6) is 0. The molecule has 0 saturated heterocycles. The smallest absolute Gasteiger partial charge is 0.0926 e. The Balaban J connectivity index is 3.85. The molecule has 0 aliphatic carbocycles. The summed E-state index contributed by atoms with van der Waals surface area (Å²) >= 11 is 4.75. The zero-order valence-electron chi connectivity index (χ0n) is 5.98. The molecule has 0 bridgehead atoms. The molecule has 0 fully saturated rings. The van der Waals surface area contributed by atoms with Gasteiger partial charge in [-0.3, -0.25) is 0 Å². The molecule has 2 nitrogen and oxygen atoms in total. The maximum atomic E-state index is 5.70. The number of thiocarbonyl (C=S) groups is 1. The molecule has 0 aromatic heterocycles. The topological polar surface area (TPSA) is 52.0 Å². The van der Waals surface area contributed by atoms with E-state index in [0.717, 1.165) is 12.8 Å². The van der Waals surface area contributed by atoms with E-state index in [1.807, 2.05) is 6.92 Å². The average Bonchev–Trinajstić information content (AvgIpc) is 1.65. The summed E-state index contributed by atoms with van der Waals surface area (Å²) in [4.78, 5) is 0.407. The third-order valence-electron chi connectivity index (χ3n) is 1.33. The molecule has 0 aromatic rings. The Labute approximate surface area is 61.6 Å². The summed E-state index contributed by atoms with van der Waals surface area (Å²) in [5.41, 5.74) is 10.6. The lowest BCUT2D eigenvalue weighted by atomic mass is 9.98. The van der Waals surface area contributed by atoms with E-state index in [1.165, 1.54) is 0 Å². The lowest BCUT2D eigenvalue weighted by Crippen LogP contribution is -2.47. The van der Waals surface area contributed by atoms with Gasteiger partial charge < -0.3 is 11.5 Å². The van der Waals surface area contributed by atoms with Crippen molar-refractivity contribution < 1.29 is 0 Å². The van der Waals surface area contributed by atoms with Gasteiger partial charge in [0.25, 0.3) is 0 Å². The monoisotopic (exact) mass is 146 g/mol. The number of hydrogen-bond donors (Lipinski definition) is 2. The van der Waals surface area contributed by atoms with Gasteiger partial charge in [0.1, 0.15) is 0 Å². The van der Waals surface area contributed by atoms with Gasteiger partial charge in [-0.1, -0.05) is 25.6 Å². The molecular formula is C6H14N2S. The zero-order chi connectivity index (χ0) is 7.49. The van der Waals surface area contributed by atoms with Crippen molar-refractivity contribution in [2.75, 3.05) is 0 Å². The molecule has 0 saturated carbocycles. The van der Waals surface area contributed by atoms with Crippen LogP contribution >= 0.6 is 12.2 Å². The molecule has 54 valence electrons. The van der Waals surface area contributed by atoms with E-state index >= 15 is 0 Å². The van der Waals surface area contributed by atoms with E-state index in [4.69, 9.17) is 23.7 Å². The fraction of sp³-hybridized carbons (Fsp3) is 0.833. The predicted octanol–water partition coefficient (Wildman–Crippen LogP) is 0.790. The zero-order valence-corrected chi connectivity index (χ0v) is 6.79. The second-order valence-corrected chi connectivity index (χ2v) is 2.97. The molecule has 3 heteroatoms. The predicted molar refractivity (Wildman–Crippen MR) is 44.3 cm³/mol. The molecule has 4 N–H and O–H groups in total. The van der Waals surface area contributed by atoms with Gasteiger partial charge in [-0.05, 0) is 13.3 Å².